The number of halogens is 1. The number of nitrogens with zero attached hydrogens (tertiary/aromatic N) is 1. The van der Waals surface area contributed by atoms with Crippen molar-refractivity contribution < 1.29 is 4.39 Å². The minimum absolute atomic E-state index is 0.223. The van der Waals surface area contributed by atoms with Crippen LogP contribution in [0, 0.1) is 11.8 Å². The summed E-state index contributed by atoms with van der Waals surface area (Å²) in [4.78, 5) is 3.91. The van der Waals surface area contributed by atoms with Gasteiger partial charge in [0.05, 0.1) is 6.21 Å². The second-order valence-corrected chi connectivity index (χ2v) is 6.77. The summed E-state index contributed by atoms with van der Waals surface area (Å²) in [6.45, 7) is 28.9. The van der Waals surface area contributed by atoms with Crippen molar-refractivity contribution >= 4 is 6.21 Å². The molecule has 0 spiro atoms. The van der Waals surface area contributed by atoms with E-state index in [4.69, 9.17) is 0 Å². The monoisotopic (exact) mass is 401 g/mol. The molecular weight excluding hydrogens is 345 g/mol. The maximum atomic E-state index is 13.0. The molecule has 0 saturated carbocycles. The Bertz CT molecular complexity index is 351. The molecule has 2 heteroatoms. The van der Waals surface area contributed by atoms with Gasteiger partial charge in [-0.05, 0) is 44.6 Å². The molecule has 0 N–H and O–H groups in total. The summed E-state index contributed by atoms with van der Waals surface area (Å²) in [5, 5.41) is 0. The van der Waals surface area contributed by atoms with Gasteiger partial charge >= 0.3 is 0 Å². The minimum Gasteiger partial charge on any atom is -0.259 e. The first kappa shape index (κ1) is 37.8. The molecule has 0 bridgehead atoms. The Labute approximate surface area is 180 Å². The van der Waals surface area contributed by atoms with Crippen molar-refractivity contribution in [2.24, 2.45) is 16.8 Å². The van der Waals surface area contributed by atoms with Crippen LogP contribution in [0.2, 0.25) is 0 Å². The molecule has 0 rings (SSSR count). The number of hydrogen-bond donors (Lipinski definition) is 0. The van der Waals surface area contributed by atoms with E-state index in [1.54, 1.807) is 6.92 Å². The molecule has 0 aromatic rings. The fraction of sp³-hybridized carbons (Fsp3) is 0.808. The molecule has 0 heterocycles. The van der Waals surface area contributed by atoms with Gasteiger partial charge in [-0.2, -0.15) is 0 Å². The number of allylic oxidation sites excluding steroid dienone is 4. The first-order valence-corrected chi connectivity index (χ1v) is 11.7. The van der Waals surface area contributed by atoms with Gasteiger partial charge in [-0.25, -0.2) is 4.39 Å². The predicted octanol–water partition coefficient (Wildman–Crippen LogP) is 10.6. The fourth-order valence-electron chi connectivity index (χ4n) is 1.21. The second-order valence-electron chi connectivity index (χ2n) is 6.77. The van der Waals surface area contributed by atoms with Crippen LogP contribution in [0.4, 0.5) is 4.39 Å². The topological polar surface area (TPSA) is 12.4 Å². The van der Waals surface area contributed by atoms with Gasteiger partial charge in [0.1, 0.15) is 5.83 Å². The van der Waals surface area contributed by atoms with Crippen molar-refractivity contribution in [3.8, 4) is 0 Å². The van der Waals surface area contributed by atoms with E-state index in [1.807, 2.05) is 54.5 Å². The molecule has 0 amide bonds. The summed E-state index contributed by atoms with van der Waals surface area (Å²) in [6, 6.07) is 0. The highest BCUT2D eigenvalue weighted by Crippen LogP contribution is 2.08. The van der Waals surface area contributed by atoms with Gasteiger partial charge in [-0.1, -0.05) is 108 Å². The van der Waals surface area contributed by atoms with Gasteiger partial charge < -0.3 is 0 Å². The van der Waals surface area contributed by atoms with Gasteiger partial charge in [-0.3, -0.25) is 4.99 Å². The molecule has 0 aliphatic rings. The highest BCUT2D eigenvalue weighted by Gasteiger charge is 1.94. The van der Waals surface area contributed by atoms with E-state index >= 15 is 0 Å². The first-order chi connectivity index (χ1) is 13.2. The quantitative estimate of drug-likeness (QED) is 0.376. The second kappa shape index (κ2) is 33.6. The van der Waals surface area contributed by atoms with Gasteiger partial charge in [-0.15, -0.1) is 0 Å². The summed E-state index contributed by atoms with van der Waals surface area (Å²) in [5.41, 5.74) is 1.57. The standard InChI is InChI=1S/C10H16FN.C7H16.C5H12.2C2H6/c1-5-8(3)10(11)7-12-9(4)6-2;1-4-6-7(3)5-2;1-4-5(2)3;2*1-2/h6-7H,5H2,1-4H3;7H,4-6H2,1-3H3;5H,4H2,1-3H3;2*1-2H3/b9-6-,10-8-,12-7+;;;;. The Hall–Kier alpha value is -0.920. The van der Waals surface area contributed by atoms with E-state index in [-0.39, 0.29) is 5.83 Å². The van der Waals surface area contributed by atoms with E-state index < -0.39 is 0 Å². The Balaban J connectivity index is -0.0000000938. The van der Waals surface area contributed by atoms with Crippen LogP contribution in [0.15, 0.2) is 28.2 Å². The third-order valence-corrected chi connectivity index (χ3v) is 4.03. The van der Waals surface area contributed by atoms with Crippen molar-refractivity contribution in [2.45, 2.75) is 129 Å². The van der Waals surface area contributed by atoms with Crippen LogP contribution in [0.3, 0.4) is 0 Å². The van der Waals surface area contributed by atoms with Gasteiger partial charge in [0.2, 0.25) is 0 Å². The van der Waals surface area contributed by atoms with Crippen molar-refractivity contribution in [3.05, 3.63) is 23.2 Å². The predicted molar refractivity (Wildman–Crippen MR) is 134 cm³/mol. The number of rotatable bonds is 7. The Morgan fingerprint density at radius 1 is 0.893 bits per heavy atom. The molecule has 172 valence electrons. The summed E-state index contributed by atoms with van der Waals surface area (Å²) < 4.78 is 13.0. The van der Waals surface area contributed by atoms with E-state index in [9.17, 15) is 4.39 Å². The number of aliphatic imine (C=N–C) groups is 1. The lowest BCUT2D eigenvalue weighted by molar-refractivity contribution is 0.509. The van der Waals surface area contributed by atoms with E-state index in [0.717, 1.165) is 29.5 Å². The van der Waals surface area contributed by atoms with Crippen LogP contribution in [0.1, 0.15) is 129 Å². The Kier molecular flexibility index (Phi) is 45.4. The van der Waals surface area contributed by atoms with Crippen LogP contribution in [0.25, 0.3) is 0 Å². The first-order valence-electron chi connectivity index (χ1n) is 11.7. The third-order valence-electron chi connectivity index (χ3n) is 4.03. The molecule has 1 unspecified atom stereocenters. The maximum Gasteiger partial charge on any atom is 0.140 e. The van der Waals surface area contributed by atoms with Crippen molar-refractivity contribution in [1.29, 1.82) is 0 Å². The molecule has 0 radical (unpaired) electrons. The van der Waals surface area contributed by atoms with Crippen molar-refractivity contribution in [3.63, 3.8) is 0 Å². The maximum absolute atomic E-state index is 13.0. The van der Waals surface area contributed by atoms with Gasteiger partial charge in [0.15, 0.2) is 0 Å². The molecule has 0 aliphatic carbocycles. The summed E-state index contributed by atoms with van der Waals surface area (Å²) in [5.74, 6) is 1.61. The number of hydrogen-bond acceptors (Lipinski definition) is 1. The normalized spacial score (nSPS) is 12.2. The SMILES string of the molecule is CC.CC.CCC(C)C.CCCC(C)CC.C\C=C(C)/N=C/C(F)=C(\C)CC. The lowest BCUT2D eigenvalue weighted by Crippen LogP contribution is -1.88. The highest BCUT2D eigenvalue weighted by molar-refractivity contribution is 5.77. The smallest absolute Gasteiger partial charge is 0.140 e. The summed E-state index contributed by atoms with van der Waals surface area (Å²) in [7, 11) is 0. The third kappa shape index (κ3) is 39.9. The largest absolute Gasteiger partial charge is 0.259 e. The van der Waals surface area contributed by atoms with Gasteiger partial charge in [0.25, 0.3) is 0 Å². The van der Waals surface area contributed by atoms with Crippen molar-refractivity contribution in [1.82, 2.24) is 0 Å². The molecule has 28 heavy (non-hydrogen) atoms. The van der Waals surface area contributed by atoms with Gasteiger partial charge in [0, 0.05) is 5.70 Å². The lowest BCUT2D eigenvalue weighted by atomic mass is 10.0. The molecule has 1 atom stereocenters. The zero-order chi connectivity index (χ0) is 23.5. The summed E-state index contributed by atoms with van der Waals surface area (Å²) in [6.07, 6.45) is 9.23. The average molecular weight is 402 g/mol. The lowest BCUT2D eigenvalue weighted by Gasteiger charge is -2.02. The molecule has 0 saturated heterocycles. The molecule has 0 aliphatic heterocycles. The van der Waals surface area contributed by atoms with Crippen LogP contribution in [0.5, 0.6) is 0 Å². The van der Waals surface area contributed by atoms with Crippen LogP contribution >= 0.6 is 0 Å². The fourth-order valence-corrected chi connectivity index (χ4v) is 1.21. The molecule has 0 aromatic heterocycles. The van der Waals surface area contributed by atoms with Crippen LogP contribution in [-0.4, -0.2) is 6.21 Å². The average Bonchev–Trinajstić information content (AvgIpc) is 2.74. The summed E-state index contributed by atoms with van der Waals surface area (Å²) >= 11 is 0. The van der Waals surface area contributed by atoms with E-state index in [0.29, 0.717) is 0 Å². The Morgan fingerprint density at radius 3 is 1.54 bits per heavy atom. The van der Waals surface area contributed by atoms with E-state index in [2.05, 4.69) is 46.5 Å². The van der Waals surface area contributed by atoms with Crippen molar-refractivity contribution in [2.75, 3.05) is 0 Å². The Morgan fingerprint density at radius 2 is 1.32 bits per heavy atom. The molecule has 1 nitrogen and oxygen atoms in total. The van der Waals surface area contributed by atoms with E-state index in [1.165, 1.54) is 31.9 Å². The highest BCUT2D eigenvalue weighted by atomic mass is 19.1. The van der Waals surface area contributed by atoms with Crippen LogP contribution < -0.4 is 0 Å². The zero-order valence-corrected chi connectivity index (χ0v) is 22.2. The minimum atomic E-state index is -0.223. The molecule has 0 fully saturated rings. The molecular formula is C26H56FN. The van der Waals surface area contributed by atoms with Crippen LogP contribution in [-0.2, 0) is 0 Å². The zero-order valence-electron chi connectivity index (χ0n) is 22.2. The molecule has 0 aromatic carbocycles.